The van der Waals surface area contributed by atoms with Gasteiger partial charge in [-0.2, -0.15) is 0 Å². The van der Waals surface area contributed by atoms with Crippen LogP contribution in [-0.4, -0.2) is 15.7 Å². The van der Waals surface area contributed by atoms with E-state index in [4.69, 9.17) is 0 Å². The van der Waals surface area contributed by atoms with Crippen molar-refractivity contribution in [3.63, 3.8) is 0 Å². The Balaban J connectivity index is 2.10. The van der Waals surface area contributed by atoms with Gasteiger partial charge in [0.2, 0.25) is 0 Å². The van der Waals surface area contributed by atoms with Gasteiger partial charge in [-0.15, -0.1) is 0 Å². The van der Waals surface area contributed by atoms with E-state index >= 15 is 0 Å². The van der Waals surface area contributed by atoms with Gasteiger partial charge < -0.3 is 0 Å². The summed E-state index contributed by atoms with van der Waals surface area (Å²) in [5.74, 6) is -0.126. The quantitative estimate of drug-likeness (QED) is 0.409. The number of nitro groups is 1. The first kappa shape index (κ1) is 15.6. The topological polar surface area (TPSA) is 73.1 Å². The fraction of sp³-hybridized carbons (Fsp3) is 0.0526. The lowest BCUT2D eigenvalue weighted by molar-refractivity contribution is -0.384. The van der Waals surface area contributed by atoms with Crippen LogP contribution in [0.4, 0.5) is 5.69 Å². The van der Waals surface area contributed by atoms with Gasteiger partial charge in [0.1, 0.15) is 0 Å². The second-order valence-corrected chi connectivity index (χ2v) is 5.38. The average Bonchev–Trinajstić information content (AvgIpc) is 2.59. The third-order valence-electron chi connectivity index (χ3n) is 3.67. The molecule has 118 valence electrons. The van der Waals surface area contributed by atoms with E-state index in [0.717, 1.165) is 10.9 Å². The maximum Gasteiger partial charge on any atom is 0.270 e. The van der Waals surface area contributed by atoms with Crippen molar-refractivity contribution in [3.05, 3.63) is 82.0 Å². The minimum absolute atomic E-state index is 0.0108. The smallest absolute Gasteiger partial charge is 0.270 e. The van der Waals surface area contributed by atoms with Gasteiger partial charge in [-0.3, -0.25) is 19.9 Å². The number of hydrogen-bond acceptors (Lipinski definition) is 4. The summed E-state index contributed by atoms with van der Waals surface area (Å²) in [4.78, 5) is 26.9. The van der Waals surface area contributed by atoms with Crippen molar-refractivity contribution in [2.45, 2.75) is 6.92 Å². The first-order chi connectivity index (χ1) is 11.5. The molecular formula is C19H14N2O3. The number of benzene rings is 2. The molecule has 0 saturated carbocycles. The molecule has 3 aromatic rings. The number of para-hydroxylation sites is 1. The number of non-ortho nitro benzene ring substituents is 1. The van der Waals surface area contributed by atoms with E-state index in [1.54, 1.807) is 24.4 Å². The molecule has 3 rings (SSSR count). The zero-order chi connectivity index (χ0) is 17.1. The summed E-state index contributed by atoms with van der Waals surface area (Å²) in [5.41, 5.74) is 2.59. The van der Waals surface area contributed by atoms with Crippen LogP contribution >= 0.6 is 0 Å². The summed E-state index contributed by atoms with van der Waals surface area (Å²) in [6, 6.07) is 15.7. The van der Waals surface area contributed by atoms with Crippen molar-refractivity contribution in [3.8, 4) is 0 Å². The molecule has 2 aromatic carbocycles. The van der Waals surface area contributed by atoms with Crippen LogP contribution in [0.2, 0.25) is 0 Å². The highest BCUT2D eigenvalue weighted by Crippen LogP contribution is 2.24. The van der Waals surface area contributed by atoms with Crippen LogP contribution in [0.1, 0.15) is 18.1 Å². The molecule has 0 radical (unpaired) electrons. The van der Waals surface area contributed by atoms with Gasteiger partial charge in [-0.05, 0) is 30.7 Å². The highest BCUT2D eigenvalue weighted by atomic mass is 16.6. The number of pyridine rings is 1. The second-order valence-electron chi connectivity index (χ2n) is 5.38. The molecule has 0 aliphatic carbocycles. The molecule has 5 nitrogen and oxygen atoms in total. The van der Waals surface area contributed by atoms with Gasteiger partial charge >= 0.3 is 0 Å². The SMILES string of the molecule is CC(=O)C(=Cc1cccc([N+](=O)[O-])c1)c1cnc2ccccc2c1. The van der Waals surface area contributed by atoms with E-state index in [-0.39, 0.29) is 11.5 Å². The van der Waals surface area contributed by atoms with Crippen LogP contribution in [0.3, 0.4) is 0 Å². The van der Waals surface area contributed by atoms with Crippen molar-refractivity contribution >= 4 is 34.0 Å². The van der Waals surface area contributed by atoms with Crippen molar-refractivity contribution in [1.29, 1.82) is 0 Å². The lowest BCUT2D eigenvalue weighted by Crippen LogP contribution is -1.97. The van der Waals surface area contributed by atoms with E-state index in [1.807, 2.05) is 30.3 Å². The highest BCUT2D eigenvalue weighted by molar-refractivity contribution is 6.24. The van der Waals surface area contributed by atoms with E-state index in [9.17, 15) is 14.9 Å². The molecule has 0 aliphatic heterocycles. The number of fused-ring (bicyclic) bond motifs is 1. The number of carbonyl (C=O) groups is 1. The van der Waals surface area contributed by atoms with E-state index in [2.05, 4.69) is 4.98 Å². The summed E-state index contributed by atoms with van der Waals surface area (Å²) in [6.07, 6.45) is 3.30. The summed E-state index contributed by atoms with van der Waals surface area (Å²) >= 11 is 0. The molecular weight excluding hydrogens is 304 g/mol. The Morgan fingerprint density at radius 3 is 2.67 bits per heavy atom. The van der Waals surface area contributed by atoms with E-state index in [0.29, 0.717) is 16.7 Å². The highest BCUT2D eigenvalue weighted by Gasteiger charge is 2.11. The zero-order valence-corrected chi connectivity index (χ0v) is 13.0. The third kappa shape index (κ3) is 3.20. The molecule has 0 amide bonds. The predicted molar refractivity (Wildman–Crippen MR) is 93.4 cm³/mol. The Hall–Kier alpha value is -3.34. The maximum atomic E-state index is 12.1. The Morgan fingerprint density at radius 2 is 1.92 bits per heavy atom. The van der Waals surface area contributed by atoms with Gasteiger partial charge in [0.25, 0.3) is 5.69 Å². The third-order valence-corrected chi connectivity index (χ3v) is 3.67. The van der Waals surface area contributed by atoms with Gasteiger partial charge in [-0.1, -0.05) is 30.3 Å². The van der Waals surface area contributed by atoms with Crippen LogP contribution in [0, 0.1) is 10.1 Å². The Bertz CT molecular complexity index is 977. The Kier molecular flexibility index (Phi) is 4.16. The number of hydrogen-bond donors (Lipinski definition) is 0. The van der Waals surface area contributed by atoms with Crippen molar-refractivity contribution < 1.29 is 9.72 Å². The molecule has 5 heteroatoms. The molecule has 1 aromatic heterocycles. The van der Waals surface area contributed by atoms with Crippen molar-refractivity contribution in [1.82, 2.24) is 4.98 Å². The molecule has 1 heterocycles. The minimum atomic E-state index is -0.456. The molecule has 24 heavy (non-hydrogen) atoms. The van der Waals surface area contributed by atoms with E-state index in [1.165, 1.54) is 19.1 Å². The van der Waals surface area contributed by atoms with Crippen LogP contribution in [0.15, 0.2) is 60.8 Å². The standard InChI is InChI=1S/C19H14N2O3/c1-13(22)18(10-14-5-4-7-17(9-14)21(23)24)16-11-15-6-2-3-8-19(15)20-12-16/h2-12H,1H3. The zero-order valence-electron chi connectivity index (χ0n) is 13.0. The van der Waals surface area contributed by atoms with Crippen LogP contribution in [-0.2, 0) is 4.79 Å². The van der Waals surface area contributed by atoms with Gasteiger partial charge in [0.15, 0.2) is 5.78 Å². The molecule has 0 unspecified atom stereocenters. The number of nitrogens with zero attached hydrogens (tertiary/aromatic N) is 2. The van der Waals surface area contributed by atoms with Crippen molar-refractivity contribution in [2.24, 2.45) is 0 Å². The molecule has 0 atom stereocenters. The first-order valence-electron chi connectivity index (χ1n) is 7.37. The largest absolute Gasteiger partial charge is 0.294 e. The number of allylic oxidation sites excluding steroid dienone is 1. The molecule has 0 spiro atoms. The summed E-state index contributed by atoms with van der Waals surface area (Å²) in [7, 11) is 0. The van der Waals surface area contributed by atoms with Gasteiger partial charge in [0, 0.05) is 34.9 Å². The van der Waals surface area contributed by atoms with Crippen LogP contribution in [0.5, 0.6) is 0 Å². The molecule has 0 bridgehead atoms. The number of aromatic nitrogens is 1. The molecule has 0 saturated heterocycles. The summed E-state index contributed by atoms with van der Waals surface area (Å²) < 4.78 is 0. The number of Topliss-reactive ketones (excluding diaryl/α,β-unsaturated/α-hetero) is 1. The first-order valence-corrected chi connectivity index (χ1v) is 7.37. The summed E-state index contributed by atoms with van der Waals surface area (Å²) in [5, 5.41) is 11.8. The molecule has 0 aliphatic rings. The van der Waals surface area contributed by atoms with Gasteiger partial charge in [-0.25, -0.2) is 0 Å². The van der Waals surface area contributed by atoms with Crippen LogP contribution in [0.25, 0.3) is 22.6 Å². The minimum Gasteiger partial charge on any atom is -0.294 e. The fourth-order valence-electron chi connectivity index (χ4n) is 2.50. The maximum absolute atomic E-state index is 12.1. The normalized spacial score (nSPS) is 11.5. The number of nitro benzene ring substituents is 1. The molecule has 0 N–H and O–H groups in total. The Labute approximate surface area is 138 Å². The second kappa shape index (κ2) is 6.42. The van der Waals surface area contributed by atoms with Gasteiger partial charge in [0.05, 0.1) is 10.4 Å². The average molecular weight is 318 g/mol. The Morgan fingerprint density at radius 1 is 1.12 bits per heavy atom. The monoisotopic (exact) mass is 318 g/mol. The number of carbonyl (C=O) groups excluding carboxylic acids is 1. The summed E-state index contributed by atoms with van der Waals surface area (Å²) in [6.45, 7) is 1.47. The number of rotatable bonds is 4. The predicted octanol–water partition coefficient (Wildman–Crippen LogP) is 4.27. The molecule has 0 fully saturated rings. The van der Waals surface area contributed by atoms with Crippen molar-refractivity contribution in [2.75, 3.05) is 0 Å². The van der Waals surface area contributed by atoms with E-state index < -0.39 is 4.92 Å². The van der Waals surface area contributed by atoms with Crippen LogP contribution < -0.4 is 0 Å². The lowest BCUT2D eigenvalue weighted by atomic mass is 9.99. The fourth-order valence-corrected chi connectivity index (χ4v) is 2.50. The number of ketones is 1. The lowest BCUT2D eigenvalue weighted by Gasteiger charge is -2.06.